The average molecular weight is 447 g/mol. The van der Waals surface area contributed by atoms with Gasteiger partial charge in [0.05, 0.1) is 5.69 Å². The molecule has 0 atom stereocenters. The number of ether oxygens (including phenoxy) is 2. The van der Waals surface area contributed by atoms with Gasteiger partial charge in [-0.3, -0.25) is 5.41 Å². The van der Waals surface area contributed by atoms with E-state index in [1.807, 2.05) is 87.5 Å². The Morgan fingerprint density at radius 3 is 1.76 bits per heavy atom. The lowest BCUT2D eigenvalue weighted by Crippen LogP contribution is -2.47. The molecule has 0 radical (unpaired) electrons. The van der Waals surface area contributed by atoms with Crippen LogP contribution >= 0.6 is 0 Å². The standard InChI is InChI=1S/C26H30N4O3/c1-4-29-26(31)30(25(27)28)24-18(2)22(32-16-20-11-7-5-8-12-20)15-23(19(24)3)33-17-21-13-9-6-10-14-21/h5-15H,4,16-17H2,1-3H3,(H3,27,28)(H,29,31). The molecule has 0 saturated carbocycles. The highest BCUT2D eigenvalue weighted by molar-refractivity contribution is 6.15. The van der Waals surface area contributed by atoms with E-state index in [9.17, 15) is 4.79 Å². The molecule has 0 unspecified atom stereocenters. The zero-order valence-corrected chi connectivity index (χ0v) is 19.2. The summed E-state index contributed by atoms with van der Waals surface area (Å²) in [7, 11) is 0. The Hall–Kier alpha value is -4.00. The Kier molecular flexibility index (Phi) is 7.91. The topological polar surface area (TPSA) is 101 Å². The highest BCUT2D eigenvalue weighted by Gasteiger charge is 2.26. The minimum atomic E-state index is -0.481. The zero-order valence-electron chi connectivity index (χ0n) is 19.2. The third-order valence-corrected chi connectivity index (χ3v) is 5.18. The van der Waals surface area contributed by atoms with Gasteiger partial charge < -0.3 is 20.5 Å². The van der Waals surface area contributed by atoms with Gasteiger partial charge in [0, 0.05) is 23.7 Å². The molecule has 0 spiro atoms. The number of hydrogen-bond donors (Lipinski definition) is 3. The van der Waals surface area contributed by atoms with Gasteiger partial charge in [-0.15, -0.1) is 0 Å². The predicted octanol–water partition coefficient (Wildman–Crippen LogP) is 4.89. The summed E-state index contributed by atoms with van der Waals surface area (Å²) in [6, 6.07) is 21.0. The lowest BCUT2D eigenvalue weighted by molar-refractivity contribution is 0.249. The van der Waals surface area contributed by atoms with Crippen molar-refractivity contribution in [1.29, 1.82) is 5.41 Å². The number of nitrogens with two attached hydrogens (primary N) is 1. The van der Waals surface area contributed by atoms with Gasteiger partial charge in [0.2, 0.25) is 5.96 Å². The lowest BCUT2D eigenvalue weighted by atomic mass is 10.0. The summed E-state index contributed by atoms with van der Waals surface area (Å²) in [5.74, 6) is 0.720. The maximum Gasteiger partial charge on any atom is 0.328 e. The predicted molar refractivity (Wildman–Crippen MR) is 131 cm³/mol. The molecule has 172 valence electrons. The number of nitrogens with zero attached hydrogens (tertiary/aromatic N) is 1. The van der Waals surface area contributed by atoms with Crippen LogP contribution in [0.25, 0.3) is 0 Å². The van der Waals surface area contributed by atoms with Gasteiger partial charge in [0.15, 0.2) is 0 Å². The third-order valence-electron chi connectivity index (χ3n) is 5.18. The third kappa shape index (κ3) is 5.83. The minimum Gasteiger partial charge on any atom is -0.488 e. The molecule has 0 fully saturated rings. The van der Waals surface area contributed by atoms with E-state index in [-0.39, 0.29) is 5.96 Å². The maximum absolute atomic E-state index is 12.8. The molecule has 33 heavy (non-hydrogen) atoms. The van der Waals surface area contributed by atoms with Crippen molar-refractivity contribution in [3.05, 3.63) is 89.0 Å². The van der Waals surface area contributed by atoms with E-state index in [1.165, 1.54) is 0 Å². The molecule has 0 heterocycles. The van der Waals surface area contributed by atoms with Gasteiger partial charge in [-0.1, -0.05) is 60.7 Å². The highest BCUT2D eigenvalue weighted by Crippen LogP contribution is 2.39. The molecule has 0 aliphatic heterocycles. The Labute approximate surface area is 194 Å². The van der Waals surface area contributed by atoms with E-state index >= 15 is 0 Å². The molecular weight excluding hydrogens is 416 g/mol. The van der Waals surface area contributed by atoms with Gasteiger partial charge in [-0.05, 0) is 31.9 Å². The van der Waals surface area contributed by atoms with Crippen LogP contribution in [0, 0.1) is 19.3 Å². The van der Waals surface area contributed by atoms with Crippen molar-refractivity contribution in [2.24, 2.45) is 5.73 Å². The van der Waals surface area contributed by atoms with Crippen LogP contribution in [0.4, 0.5) is 10.5 Å². The summed E-state index contributed by atoms with van der Waals surface area (Å²) in [6.07, 6.45) is 0. The number of nitrogens with one attached hydrogen (secondary N) is 2. The Morgan fingerprint density at radius 2 is 1.36 bits per heavy atom. The molecule has 0 aromatic heterocycles. The van der Waals surface area contributed by atoms with Gasteiger partial charge in [-0.2, -0.15) is 0 Å². The van der Waals surface area contributed by atoms with Crippen molar-refractivity contribution in [1.82, 2.24) is 5.32 Å². The van der Waals surface area contributed by atoms with Crippen LogP contribution in [-0.4, -0.2) is 18.5 Å². The number of carbonyl (C=O) groups is 1. The first kappa shape index (κ1) is 23.7. The molecule has 7 heteroatoms. The van der Waals surface area contributed by atoms with Crippen LogP contribution in [0.2, 0.25) is 0 Å². The number of rotatable bonds is 8. The second-order valence-electron chi connectivity index (χ2n) is 7.58. The summed E-state index contributed by atoms with van der Waals surface area (Å²) >= 11 is 0. The normalized spacial score (nSPS) is 10.4. The van der Waals surface area contributed by atoms with E-state index in [1.54, 1.807) is 0 Å². The first-order valence-electron chi connectivity index (χ1n) is 10.8. The number of carbonyl (C=O) groups excluding carboxylic acids is 1. The maximum atomic E-state index is 12.8. The van der Waals surface area contributed by atoms with Crippen molar-refractivity contribution < 1.29 is 14.3 Å². The molecule has 2 amide bonds. The Bertz CT molecular complexity index is 1030. The smallest absolute Gasteiger partial charge is 0.328 e. The van der Waals surface area contributed by atoms with Crippen molar-refractivity contribution >= 4 is 17.7 Å². The van der Waals surface area contributed by atoms with Crippen molar-refractivity contribution in [2.45, 2.75) is 34.0 Å². The molecule has 0 aliphatic carbocycles. The molecule has 0 saturated heterocycles. The molecule has 4 N–H and O–H groups in total. The summed E-state index contributed by atoms with van der Waals surface area (Å²) < 4.78 is 12.3. The average Bonchev–Trinajstić information content (AvgIpc) is 2.81. The van der Waals surface area contributed by atoms with Gasteiger partial charge in [0.1, 0.15) is 24.7 Å². The fourth-order valence-electron chi connectivity index (χ4n) is 3.52. The Morgan fingerprint density at radius 1 is 0.909 bits per heavy atom. The Balaban J connectivity index is 2.02. The van der Waals surface area contributed by atoms with E-state index in [2.05, 4.69) is 5.32 Å². The zero-order chi connectivity index (χ0) is 23.8. The minimum absolute atomic E-state index is 0.351. The van der Waals surface area contributed by atoms with Crippen molar-refractivity contribution in [2.75, 3.05) is 11.4 Å². The quantitative estimate of drug-likeness (QED) is 0.339. The fourth-order valence-corrected chi connectivity index (χ4v) is 3.52. The second kappa shape index (κ2) is 11.0. The number of urea groups is 1. The second-order valence-corrected chi connectivity index (χ2v) is 7.58. The number of anilines is 1. The first-order valence-corrected chi connectivity index (χ1v) is 10.8. The molecule has 0 bridgehead atoms. The first-order chi connectivity index (χ1) is 15.9. The van der Waals surface area contributed by atoms with Crippen LogP contribution < -0.4 is 25.4 Å². The van der Waals surface area contributed by atoms with Crippen LogP contribution in [0.3, 0.4) is 0 Å². The number of guanidine groups is 1. The number of hydrogen-bond acceptors (Lipinski definition) is 4. The number of benzene rings is 3. The summed E-state index contributed by atoms with van der Waals surface area (Å²) in [4.78, 5) is 13.9. The molecule has 3 aromatic rings. The van der Waals surface area contributed by atoms with E-state index in [0.29, 0.717) is 48.1 Å². The van der Waals surface area contributed by atoms with E-state index in [4.69, 9.17) is 20.6 Å². The molecule has 0 aliphatic rings. The van der Waals surface area contributed by atoms with Crippen LogP contribution in [0.1, 0.15) is 29.2 Å². The van der Waals surface area contributed by atoms with Gasteiger partial charge in [0.25, 0.3) is 0 Å². The molecule has 7 nitrogen and oxygen atoms in total. The largest absolute Gasteiger partial charge is 0.488 e. The van der Waals surface area contributed by atoms with E-state index < -0.39 is 6.03 Å². The summed E-state index contributed by atoms with van der Waals surface area (Å²) in [6.45, 7) is 6.61. The monoisotopic (exact) mass is 446 g/mol. The number of amides is 2. The van der Waals surface area contributed by atoms with Gasteiger partial charge in [-0.25, -0.2) is 9.69 Å². The van der Waals surface area contributed by atoms with Gasteiger partial charge >= 0.3 is 6.03 Å². The van der Waals surface area contributed by atoms with Crippen molar-refractivity contribution in [3.63, 3.8) is 0 Å². The molecule has 3 aromatic carbocycles. The SMILES string of the molecule is CCNC(=O)N(C(=N)N)c1c(C)c(OCc2ccccc2)cc(OCc2ccccc2)c1C. The fraction of sp³-hybridized carbons (Fsp3) is 0.231. The summed E-state index contributed by atoms with van der Waals surface area (Å²) in [5.41, 5.74) is 9.72. The lowest BCUT2D eigenvalue weighted by Gasteiger charge is -2.27. The van der Waals surface area contributed by atoms with Crippen LogP contribution in [0.15, 0.2) is 66.7 Å². The van der Waals surface area contributed by atoms with Crippen molar-refractivity contribution in [3.8, 4) is 11.5 Å². The van der Waals surface area contributed by atoms with Crippen LogP contribution in [0.5, 0.6) is 11.5 Å². The molecular formula is C26H30N4O3. The highest BCUT2D eigenvalue weighted by atomic mass is 16.5. The van der Waals surface area contributed by atoms with Crippen LogP contribution in [-0.2, 0) is 13.2 Å². The molecule has 3 rings (SSSR count). The van der Waals surface area contributed by atoms with E-state index in [0.717, 1.165) is 16.0 Å². The summed E-state index contributed by atoms with van der Waals surface area (Å²) in [5, 5.41) is 10.8.